The highest BCUT2D eigenvalue weighted by Crippen LogP contribution is 2.44. The van der Waals surface area contributed by atoms with Crippen molar-refractivity contribution in [2.24, 2.45) is 5.73 Å². The van der Waals surface area contributed by atoms with Gasteiger partial charge in [0.2, 0.25) is 5.88 Å². The van der Waals surface area contributed by atoms with Crippen LogP contribution >= 0.6 is 46.1 Å². The minimum absolute atomic E-state index is 0.00752. The van der Waals surface area contributed by atoms with Crippen molar-refractivity contribution in [3.05, 3.63) is 103 Å². The maximum Gasteiger partial charge on any atom is 0.355 e. The molecule has 0 amide bonds. The number of carbonyl (C=O) groups is 1. The number of carbonyl (C=O) groups excluding carboxylic acids is 1. The summed E-state index contributed by atoms with van der Waals surface area (Å²) in [5, 5.41) is 11.3. The normalized spacial score (nSPS) is 14.9. The van der Waals surface area contributed by atoms with E-state index in [0.29, 0.717) is 31.5 Å². The summed E-state index contributed by atoms with van der Waals surface area (Å²) in [5.41, 5.74) is 9.14. The summed E-state index contributed by atoms with van der Waals surface area (Å²) in [5.74, 6) is -0.404. The molecule has 9 heteroatoms. The zero-order valence-electron chi connectivity index (χ0n) is 18.1. The number of rotatable bonds is 3. The molecule has 5 nitrogen and oxygen atoms in total. The first-order chi connectivity index (χ1) is 16.8. The van der Waals surface area contributed by atoms with E-state index < -0.39 is 11.9 Å². The Morgan fingerprint density at radius 3 is 2.57 bits per heavy atom. The van der Waals surface area contributed by atoms with E-state index in [1.807, 2.05) is 31.2 Å². The Bertz CT molecular complexity index is 1590. The molecule has 0 aliphatic carbocycles. The lowest BCUT2D eigenvalue weighted by atomic mass is 9.83. The largest absolute Gasteiger partial charge is 0.440 e. The van der Waals surface area contributed by atoms with Crippen LogP contribution in [-0.4, -0.2) is 5.97 Å². The molecule has 0 saturated heterocycles. The summed E-state index contributed by atoms with van der Waals surface area (Å²) >= 11 is 19.9. The van der Waals surface area contributed by atoms with Crippen molar-refractivity contribution in [2.75, 3.05) is 0 Å². The van der Waals surface area contributed by atoms with Gasteiger partial charge >= 0.3 is 5.97 Å². The lowest BCUT2D eigenvalue weighted by molar-refractivity contribution is 0.0740. The fraction of sp³-hybridized carbons (Fsp3) is 0.0769. The van der Waals surface area contributed by atoms with Crippen LogP contribution in [-0.2, 0) is 0 Å². The fourth-order valence-electron chi connectivity index (χ4n) is 4.00. The Morgan fingerprint density at radius 2 is 1.86 bits per heavy atom. The molecule has 1 aliphatic rings. The van der Waals surface area contributed by atoms with Crippen LogP contribution in [0.2, 0.25) is 15.1 Å². The molecule has 1 unspecified atom stereocenters. The third-order valence-corrected chi connectivity index (χ3v) is 7.77. The van der Waals surface area contributed by atoms with Crippen LogP contribution in [0.3, 0.4) is 0 Å². The van der Waals surface area contributed by atoms with Gasteiger partial charge in [0.05, 0.1) is 16.0 Å². The lowest BCUT2D eigenvalue weighted by Crippen LogP contribution is -2.21. The zero-order valence-corrected chi connectivity index (χ0v) is 21.1. The van der Waals surface area contributed by atoms with Gasteiger partial charge in [-0.1, -0.05) is 70.7 Å². The minimum Gasteiger partial charge on any atom is -0.440 e. The van der Waals surface area contributed by atoms with Crippen molar-refractivity contribution < 1.29 is 14.3 Å². The molecule has 1 aliphatic heterocycles. The number of allylic oxidation sites excluding steroid dienone is 1. The quantitative estimate of drug-likeness (QED) is 0.213. The first-order valence-electron chi connectivity index (χ1n) is 10.3. The van der Waals surface area contributed by atoms with Crippen molar-refractivity contribution in [3.63, 3.8) is 0 Å². The van der Waals surface area contributed by atoms with Crippen LogP contribution in [0, 0.1) is 18.3 Å². The van der Waals surface area contributed by atoms with E-state index in [9.17, 15) is 10.1 Å². The maximum absolute atomic E-state index is 13.0. The number of fused-ring (bicyclic) bond motifs is 2. The van der Waals surface area contributed by atoms with E-state index in [0.717, 1.165) is 28.0 Å². The summed E-state index contributed by atoms with van der Waals surface area (Å²) in [7, 11) is 0. The van der Waals surface area contributed by atoms with Crippen LogP contribution in [0.15, 0.2) is 66.1 Å². The lowest BCUT2D eigenvalue weighted by Gasteiger charge is -2.26. The number of aryl methyl sites for hydroxylation is 1. The van der Waals surface area contributed by atoms with Gasteiger partial charge in [0, 0.05) is 26.7 Å². The van der Waals surface area contributed by atoms with E-state index in [1.54, 1.807) is 30.3 Å². The average molecular weight is 542 g/mol. The predicted molar refractivity (Wildman–Crippen MR) is 139 cm³/mol. The minimum atomic E-state index is -0.643. The third-order valence-electron chi connectivity index (χ3n) is 5.65. The van der Waals surface area contributed by atoms with Gasteiger partial charge in [-0.3, -0.25) is 0 Å². The first kappa shape index (κ1) is 23.5. The topological polar surface area (TPSA) is 85.3 Å². The van der Waals surface area contributed by atoms with Crippen molar-refractivity contribution in [1.82, 2.24) is 0 Å². The highest BCUT2D eigenvalue weighted by Gasteiger charge is 2.31. The summed E-state index contributed by atoms with van der Waals surface area (Å²) in [6.45, 7) is 1.99. The van der Waals surface area contributed by atoms with Gasteiger partial charge in [-0.2, -0.15) is 5.26 Å². The van der Waals surface area contributed by atoms with E-state index in [-0.39, 0.29) is 21.5 Å². The number of nitrogens with zero attached hydrogens (tertiary/aromatic N) is 1. The summed E-state index contributed by atoms with van der Waals surface area (Å²) in [6.07, 6.45) is 0. The second kappa shape index (κ2) is 9.10. The second-order valence-corrected chi connectivity index (χ2v) is 10.2. The van der Waals surface area contributed by atoms with Crippen molar-refractivity contribution in [1.29, 1.82) is 5.26 Å². The fourth-order valence-corrected chi connectivity index (χ4v) is 6.24. The van der Waals surface area contributed by atoms with Gasteiger partial charge in [-0.15, -0.1) is 11.3 Å². The van der Waals surface area contributed by atoms with Crippen molar-refractivity contribution in [3.8, 4) is 17.6 Å². The molecule has 0 saturated carbocycles. The van der Waals surface area contributed by atoms with Crippen LogP contribution < -0.4 is 15.2 Å². The Morgan fingerprint density at radius 1 is 1.11 bits per heavy atom. The standard InChI is InChI=1S/C26H15Cl3N2O3S/c1-12-2-4-13(5-3-12)21-16-7-6-15(10-19(16)34-25(31)17(21)11-30)33-26(32)24-23(29)22-18(28)8-14(27)9-20(22)35-24/h2-10,21H,31H2,1H3. The SMILES string of the molecule is Cc1ccc(C2C(C#N)=C(N)Oc3cc(OC(=O)c4sc5cc(Cl)cc(Cl)c5c4Cl)ccc32)cc1. The number of thiophene rings is 1. The monoisotopic (exact) mass is 540 g/mol. The summed E-state index contributed by atoms with van der Waals surface area (Å²) in [6, 6.07) is 18.2. The molecular formula is C26H15Cl3N2O3S. The molecular weight excluding hydrogens is 527 g/mol. The van der Waals surface area contributed by atoms with Gasteiger partial charge < -0.3 is 15.2 Å². The van der Waals surface area contributed by atoms with Gasteiger partial charge in [0.15, 0.2) is 0 Å². The van der Waals surface area contributed by atoms with Crippen LogP contribution in [0.5, 0.6) is 11.5 Å². The number of benzene rings is 3. The molecule has 2 heterocycles. The zero-order chi connectivity index (χ0) is 24.9. The van der Waals surface area contributed by atoms with Gasteiger partial charge in [-0.05, 0) is 30.7 Å². The average Bonchev–Trinajstić information content (AvgIpc) is 3.15. The molecule has 5 rings (SSSR count). The number of halogens is 3. The van der Waals surface area contributed by atoms with E-state index in [2.05, 4.69) is 6.07 Å². The number of nitriles is 1. The first-order valence-corrected chi connectivity index (χ1v) is 12.3. The van der Waals surface area contributed by atoms with Crippen molar-refractivity contribution >= 4 is 62.2 Å². The predicted octanol–water partition coefficient (Wildman–Crippen LogP) is 7.61. The molecule has 0 radical (unpaired) electrons. The molecule has 0 spiro atoms. The molecule has 2 N–H and O–H groups in total. The number of esters is 1. The molecule has 3 aromatic carbocycles. The Hall–Kier alpha value is -3.21. The Kier molecular flexibility index (Phi) is 6.12. The molecule has 0 bridgehead atoms. The molecule has 0 fully saturated rings. The Labute approximate surface area is 219 Å². The molecule has 35 heavy (non-hydrogen) atoms. The number of nitrogens with two attached hydrogens (primary N) is 1. The Balaban J connectivity index is 1.49. The molecule has 174 valence electrons. The van der Waals surface area contributed by atoms with Gasteiger partial charge in [0.25, 0.3) is 0 Å². The van der Waals surface area contributed by atoms with E-state index >= 15 is 0 Å². The van der Waals surface area contributed by atoms with Gasteiger partial charge in [0.1, 0.15) is 28.0 Å². The van der Waals surface area contributed by atoms with Crippen LogP contribution in [0.4, 0.5) is 0 Å². The summed E-state index contributed by atoms with van der Waals surface area (Å²) in [4.78, 5) is 13.2. The van der Waals surface area contributed by atoms with Gasteiger partial charge in [-0.25, -0.2) is 4.79 Å². The van der Waals surface area contributed by atoms with E-state index in [1.165, 1.54) is 0 Å². The third kappa shape index (κ3) is 4.22. The maximum atomic E-state index is 13.0. The molecule has 1 atom stereocenters. The molecule has 4 aromatic rings. The van der Waals surface area contributed by atoms with Crippen LogP contribution in [0.1, 0.15) is 32.3 Å². The smallest absolute Gasteiger partial charge is 0.355 e. The molecule has 1 aromatic heterocycles. The van der Waals surface area contributed by atoms with Crippen LogP contribution in [0.25, 0.3) is 10.1 Å². The van der Waals surface area contributed by atoms with Crippen molar-refractivity contribution in [2.45, 2.75) is 12.8 Å². The summed E-state index contributed by atoms with van der Waals surface area (Å²) < 4.78 is 12.0. The second-order valence-electron chi connectivity index (χ2n) is 7.93. The number of hydrogen-bond donors (Lipinski definition) is 1. The number of ether oxygens (including phenoxy) is 2. The highest BCUT2D eigenvalue weighted by molar-refractivity contribution is 7.21. The highest BCUT2D eigenvalue weighted by atomic mass is 35.5. The van der Waals surface area contributed by atoms with E-state index in [4.69, 9.17) is 50.0 Å². The number of hydrogen-bond acceptors (Lipinski definition) is 6.